The molecule has 2 aromatic carbocycles. The predicted molar refractivity (Wildman–Crippen MR) is 107 cm³/mol. The average molecular weight is 511 g/mol. The van der Waals surface area contributed by atoms with Gasteiger partial charge in [-0.2, -0.15) is 5.26 Å². The Bertz CT molecular complexity index is 903. The molecule has 1 amide bonds. The molecule has 25 heavy (non-hydrogen) atoms. The highest BCUT2D eigenvalue weighted by Gasteiger charge is 2.11. The highest BCUT2D eigenvalue weighted by atomic mass is 127. The number of benzene rings is 2. The molecule has 126 valence electrons. The van der Waals surface area contributed by atoms with E-state index in [0.717, 1.165) is 3.57 Å². The summed E-state index contributed by atoms with van der Waals surface area (Å²) in [6.45, 7) is 1.31. The van der Waals surface area contributed by atoms with Crippen molar-refractivity contribution < 1.29 is 14.3 Å². The fourth-order valence-electron chi connectivity index (χ4n) is 1.92. The number of hydrogen-bond donors (Lipinski definition) is 1. The van der Waals surface area contributed by atoms with Gasteiger partial charge in [0.1, 0.15) is 17.4 Å². The molecule has 1 N–H and O–H groups in total. The van der Waals surface area contributed by atoms with E-state index in [0.29, 0.717) is 21.5 Å². The SMILES string of the molecule is CC(=O)Oc1ccc(/C=C(\C#N)C(=O)Nc2cccc(I)c2)cc1Br. The van der Waals surface area contributed by atoms with E-state index in [1.165, 1.54) is 13.0 Å². The van der Waals surface area contributed by atoms with Crippen molar-refractivity contribution in [2.75, 3.05) is 5.32 Å². The first-order valence-corrected chi connectivity index (χ1v) is 8.93. The Hall–Kier alpha value is -2.18. The highest BCUT2D eigenvalue weighted by molar-refractivity contribution is 14.1. The maximum absolute atomic E-state index is 12.3. The Balaban J connectivity index is 2.22. The molecule has 0 aromatic heterocycles. The fraction of sp³-hybridized carbons (Fsp3) is 0.0556. The number of carbonyl (C=O) groups excluding carboxylic acids is 2. The Kier molecular flexibility index (Phi) is 6.73. The molecule has 0 radical (unpaired) electrons. The molecule has 2 rings (SSSR count). The third kappa shape index (κ3) is 5.69. The first kappa shape index (κ1) is 19.1. The molecule has 0 aliphatic rings. The summed E-state index contributed by atoms with van der Waals surface area (Å²) in [5.41, 5.74) is 1.20. The van der Waals surface area contributed by atoms with Crippen molar-refractivity contribution in [2.24, 2.45) is 0 Å². The maximum atomic E-state index is 12.3. The van der Waals surface area contributed by atoms with E-state index >= 15 is 0 Å². The zero-order valence-corrected chi connectivity index (χ0v) is 16.8. The first-order valence-electron chi connectivity index (χ1n) is 7.05. The van der Waals surface area contributed by atoms with Gasteiger partial charge in [-0.3, -0.25) is 9.59 Å². The second kappa shape index (κ2) is 8.78. The van der Waals surface area contributed by atoms with E-state index in [9.17, 15) is 14.9 Å². The van der Waals surface area contributed by atoms with Crippen molar-refractivity contribution in [3.8, 4) is 11.8 Å². The summed E-state index contributed by atoms with van der Waals surface area (Å²) in [6.07, 6.45) is 1.46. The van der Waals surface area contributed by atoms with E-state index in [2.05, 4.69) is 43.8 Å². The van der Waals surface area contributed by atoms with Gasteiger partial charge in [0.2, 0.25) is 0 Å². The Morgan fingerprint density at radius 1 is 1.28 bits per heavy atom. The summed E-state index contributed by atoms with van der Waals surface area (Å²) in [5, 5.41) is 12.0. The second-order valence-electron chi connectivity index (χ2n) is 4.92. The van der Waals surface area contributed by atoms with Crippen molar-refractivity contribution in [1.82, 2.24) is 0 Å². The quantitative estimate of drug-likeness (QED) is 0.215. The van der Waals surface area contributed by atoms with E-state index in [1.54, 1.807) is 30.3 Å². The maximum Gasteiger partial charge on any atom is 0.308 e. The molecule has 0 spiro atoms. The van der Waals surface area contributed by atoms with Crippen LogP contribution >= 0.6 is 38.5 Å². The number of halogens is 2. The minimum atomic E-state index is -0.496. The molecule has 0 aliphatic carbocycles. The van der Waals surface area contributed by atoms with Crippen LogP contribution in [0.15, 0.2) is 52.5 Å². The van der Waals surface area contributed by atoms with Crippen molar-refractivity contribution in [3.63, 3.8) is 0 Å². The van der Waals surface area contributed by atoms with Crippen LogP contribution in [0.1, 0.15) is 12.5 Å². The fourth-order valence-corrected chi connectivity index (χ4v) is 2.94. The lowest BCUT2D eigenvalue weighted by molar-refractivity contribution is -0.131. The van der Waals surface area contributed by atoms with Gasteiger partial charge in [0.25, 0.3) is 5.91 Å². The van der Waals surface area contributed by atoms with Crippen LogP contribution in [-0.4, -0.2) is 11.9 Å². The van der Waals surface area contributed by atoms with Crippen LogP contribution in [0.3, 0.4) is 0 Å². The molecule has 0 unspecified atom stereocenters. The standard InChI is InChI=1S/C18H12BrIN2O3/c1-11(23)25-17-6-5-12(8-16(17)19)7-13(10-21)18(24)22-15-4-2-3-14(20)9-15/h2-9H,1H3,(H,22,24)/b13-7+. The van der Waals surface area contributed by atoms with Crippen LogP contribution in [0.4, 0.5) is 5.69 Å². The van der Waals surface area contributed by atoms with Gasteiger partial charge in [-0.1, -0.05) is 12.1 Å². The van der Waals surface area contributed by atoms with Crippen LogP contribution < -0.4 is 10.1 Å². The summed E-state index contributed by atoms with van der Waals surface area (Å²) < 4.78 is 6.54. The molecule has 0 saturated heterocycles. The topological polar surface area (TPSA) is 79.2 Å². The lowest BCUT2D eigenvalue weighted by Gasteiger charge is -2.06. The number of hydrogen-bond acceptors (Lipinski definition) is 4. The van der Waals surface area contributed by atoms with Gasteiger partial charge in [-0.15, -0.1) is 0 Å². The third-order valence-electron chi connectivity index (χ3n) is 2.97. The van der Waals surface area contributed by atoms with Crippen LogP contribution in [0, 0.1) is 14.9 Å². The van der Waals surface area contributed by atoms with E-state index < -0.39 is 11.9 Å². The highest BCUT2D eigenvalue weighted by Crippen LogP contribution is 2.27. The molecule has 0 aliphatic heterocycles. The van der Waals surface area contributed by atoms with Crippen molar-refractivity contribution >= 4 is 62.2 Å². The van der Waals surface area contributed by atoms with E-state index in [4.69, 9.17) is 4.74 Å². The van der Waals surface area contributed by atoms with Gasteiger partial charge in [0, 0.05) is 16.2 Å². The van der Waals surface area contributed by atoms with Gasteiger partial charge in [-0.05, 0) is 80.5 Å². The van der Waals surface area contributed by atoms with Gasteiger partial charge >= 0.3 is 5.97 Å². The summed E-state index contributed by atoms with van der Waals surface area (Å²) in [4.78, 5) is 23.3. The molecule has 2 aromatic rings. The van der Waals surface area contributed by atoms with Crippen LogP contribution in [0.2, 0.25) is 0 Å². The number of carbonyl (C=O) groups is 2. The smallest absolute Gasteiger partial charge is 0.308 e. The molecule has 0 heterocycles. The van der Waals surface area contributed by atoms with Crippen LogP contribution in [0.5, 0.6) is 5.75 Å². The second-order valence-corrected chi connectivity index (χ2v) is 7.02. The van der Waals surface area contributed by atoms with Crippen molar-refractivity contribution in [3.05, 3.63) is 61.6 Å². The Morgan fingerprint density at radius 2 is 2.04 bits per heavy atom. The number of nitriles is 1. The molecule has 5 nitrogen and oxygen atoms in total. The Labute approximate surface area is 166 Å². The molecular weight excluding hydrogens is 499 g/mol. The Morgan fingerprint density at radius 3 is 2.64 bits per heavy atom. The zero-order valence-electron chi connectivity index (χ0n) is 13.0. The van der Waals surface area contributed by atoms with E-state index in [1.807, 2.05) is 18.2 Å². The number of amides is 1. The molecule has 0 fully saturated rings. The van der Waals surface area contributed by atoms with Crippen LogP contribution in [0.25, 0.3) is 6.08 Å². The van der Waals surface area contributed by atoms with Crippen molar-refractivity contribution in [2.45, 2.75) is 6.92 Å². The largest absolute Gasteiger partial charge is 0.426 e. The summed E-state index contributed by atoms with van der Waals surface area (Å²) in [6, 6.07) is 14.1. The summed E-state index contributed by atoms with van der Waals surface area (Å²) in [7, 11) is 0. The number of ether oxygens (including phenoxy) is 1. The molecule has 7 heteroatoms. The van der Waals surface area contributed by atoms with Gasteiger partial charge in [-0.25, -0.2) is 0 Å². The third-order valence-corrected chi connectivity index (χ3v) is 4.26. The molecule has 0 bridgehead atoms. The lowest BCUT2D eigenvalue weighted by Crippen LogP contribution is -2.13. The zero-order chi connectivity index (χ0) is 18.4. The van der Waals surface area contributed by atoms with Gasteiger partial charge in [0.15, 0.2) is 0 Å². The normalized spacial score (nSPS) is 10.7. The molecule has 0 atom stereocenters. The van der Waals surface area contributed by atoms with E-state index in [-0.39, 0.29) is 5.57 Å². The first-order chi connectivity index (χ1) is 11.9. The summed E-state index contributed by atoms with van der Waals surface area (Å²) in [5.74, 6) is -0.560. The van der Waals surface area contributed by atoms with Gasteiger partial charge in [0.05, 0.1) is 4.47 Å². The number of esters is 1. The number of nitrogens with one attached hydrogen (secondary N) is 1. The van der Waals surface area contributed by atoms with Crippen LogP contribution in [-0.2, 0) is 9.59 Å². The minimum absolute atomic E-state index is 0.0361. The molecular formula is C18H12BrIN2O3. The minimum Gasteiger partial charge on any atom is -0.426 e. The number of nitrogens with zero attached hydrogens (tertiary/aromatic N) is 1. The average Bonchev–Trinajstić information content (AvgIpc) is 2.54. The summed E-state index contributed by atoms with van der Waals surface area (Å²) >= 11 is 5.44. The van der Waals surface area contributed by atoms with Crippen molar-refractivity contribution in [1.29, 1.82) is 5.26 Å². The molecule has 0 saturated carbocycles. The number of anilines is 1. The monoisotopic (exact) mass is 510 g/mol. The lowest BCUT2D eigenvalue weighted by atomic mass is 10.1. The predicted octanol–water partition coefficient (Wildman–Crippen LogP) is 4.52. The number of rotatable bonds is 4. The van der Waals surface area contributed by atoms with Gasteiger partial charge < -0.3 is 10.1 Å².